The number of ether oxygens (including phenoxy) is 1. The van der Waals surface area contributed by atoms with Crippen molar-refractivity contribution >= 4 is 23.4 Å². The lowest BCUT2D eigenvalue weighted by Crippen LogP contribution is -2.49. The number of fused-ring (bicyclic) bond motifs is 1. The van der Waals surface area contributed by atoms with Crippen molar-refractivity contribution in [3.05, 3.63) is 65.2 Å². The summed E-state index contributed by atoms with van der Waals surface area (Å²) in [7, 11) is 1.64. The van der Waals surface area contributed by atoms with Gasteiger partial charge in [-0.05, 0) is 79.6 Å². The fourth-order valence-corrected chi connectivity index (χ4v) is 6.29. The van der Waals surface area contributed by atoms with Gasteiger partial charge in [0.2, 0.25) is 11.8 Å². The molecule has 40 heavy (non-hydrogen) atoms. The number of nitrogens with two attached hydrogens (primary N) is 1. The van der Waals surface area contributed by atoms with E-state index in [2.05, 4.69) is 23.5 Å². The molecule has 1 heterocycles. The molecule has 0 saturated heterocycles. The predicted molar refractivity (Wildman–Crippen MR) is 155 cm³/mol. The van der Waals surface area contributed by atoms with Crippen LogP contribution in [0.5, 0.6) is 5.75 Å². The number of aryl methyl sites for hydroxylation is 1. The van der Waals surface area contributed by atoms with Crippen molar-refractivity contribution in [1.29, 1.82) is 0 Å². The van der Waals surface area contributed by atoms with E-state index in [1.807, 2.05) is 30.1 Å². The third kappa shape index (κ3) is 5.67. The number of hydrogen-bond donors (Lipinski definition) is 2. The zero-order chi connectivity index (χ0) is 28.2. The van der Waals surface area contributed by atoms with Crippen LogP contribution in [0.25, 0.3) is 11.1 Å². The summed E-state index contributed by atoms with van der Waals surface area (Å²) in [5, 5.41) is 9.46. The zero-order valence-electron chi connectivity index (χ0n) is 23.3. The van der Waals surface area contributed by atoms with E-state index < -0.39 is 5.91 Å². The molecule has 0 aromatic heterocycles. The van der Waals surface area contributed by atoms with Gasteiger partial charge in [-0.15, -0.1) is 0 Å². The summed E-state index contributed by atoms with van der Waals surface area (Å²) in [6.07, 6.45) is 12.6. The Morgan fingerprint density at radius 3 is 2.40 bits per heavy atom. The van der Waals surface area contributed by atoms with Gasteiger partial charge in [-0.25, -0.2) is 5.01 Å². The minimum atomic E-state index is -0.594. The highest BCUT2D eigenvalue weighted by molar-refractivity contribution is 6.08. The molecule has 0 radical (unpaired) electrons. The predicted octanol–water partition coefficient (Wildman–Crippen LogP) is 4.74. The second-order valence-electron chi connectivity index (χ2n) is 11.1. The third-order valence-corrected chi connectivity index (χ3v) is 8.41. The van der Waals surface area contributed by atoms with Gasteiger partial charge in [0, 0.05) is 17.0 Å². The van der Waals surface area contributed by atoms with Crippen LogP contribution in [0, 0.1) is 18.8 Å². The number of benzene rings is 2. The molecule has 1 aliphatic heterocycles. The van der Waals surface area contributed by atoms with Gasteiger partial charge in [0.15, 0.2) is 0 Å². The molecule has 8 nitrogen and oxygen atoms in total. The molecule has 0 bridgehead atoms. The van der Waals surface area contributed by atoms with Crippen LogP contribution < -0.4 is 15.8 Å². The zero-order valence-corrected chi connectivity index (χ0v) is 23.3. The third-order valence-electron chi connectivity index (χ3n) is 8.41. The van der Waals surface area contributed by atoms with Crippen LogP contribution in [0.1, 0.15) is 72.9 Å². The SMILES string of the molecule is COc1ccc(C2=NN(C3CCCCCC3)C(=O)[C@@H]3CC=CC[C@H]23)cc1-c1ccc(C(=O)NCC(N)=O)cc1C. The number of methoxy groups -OCH3 is 1. The van der Waals surface area contributed by atoms with E-state index in [-0.39, 0.29) is 36.2 Å². The van der Waals surface area contributed by atoms with E-state index in [0.717, 1.165) is 66.5 Å². The highest BCUT2D eigenvalue weighted by atomic mass is 16.5. The largest absolute Gasteiger partial charge is 0.496 e. The number of hydrazone groups is 1. The number of amides is 3. The van der Waals surface area contributed by atoms with Crippen molar-refractivity contribution in [3.63, 3.8) is 0 Å². The molecule has 3 aliphatic rings. The summed E-state index contributed by atoms with van der Waals surface area (Å²) >= 11 is 0. The number of allylic oxidation sites excluding steroid dienone is 2. The monoisotopic (exact) mass is 542 g/mol. The molecule has 2 aromatic carbocycles. The maximum atomic E-state index is 13.7. The van der Waals surface area contributed by atoms with E-state index in [1.165, 1.54) is 12.8 Å². The number of rotatable bonds is 7. The molecule has 210 valence electrons. The smallest absolute Gasteiger partial charge is 0.251 e. The molecular formula is C32H38N4O4. The van der Waals surface area contributed by atoms with E-state index in [0.29, 0.717) is 11.3 Å². The lowest BCUT2D eigenvalue weighted by molar-refractivity contribution is -0.140. The molecule has 1 fully saturated rings. The lowest BCUT2D eigenvalue weighted by Gasteiger charge is -2.40. The molecule has 2 atom stereocenters. The second kappa shape index (κ2) is 12.1. The standard InChI is InChI=1S/C32H38N4O4/c1-20-17-22(31(38)34-19-29(33)37)13-15-24(20)27-18-21(14-16-28(27)40-2)30-25-11-7-8-12-26(25)32(39)36(35-30)23-9-5-3-4-6-10-23/h7-8,13-18,23,25-26H,3-6,9-12,19H2,1-2H3,(H2,33,37)(H,34,38)/t25-,26+/m0/s1. The normalized spacial score (nSPS) is 21.3. The summed E-state index contributed by atoms with van der Waals surface area (Å²) in [6, 6.07) is 11.7. The van der Waals surface area contributed by atoms with Gasteiger partial charge < -0.3 is 15.8 Å². The average Bonchev–Trinajstić information content (AvgIpc) is 3.25. The summed E-state index contributed by atoms with van der Waals surface area (Å²) in [5.74, 6) is -0.121. The first kappa shape index (κ1) is 27.6. The number of carbonyl (C=O) groups is 3. The van der Waals surface area contributed by atoms with Gasteiger partial charge >= 0.3 is 0 Å². The molecule has 2 aliphatic carbocycles. The van der Waals surface area contributed by atoms with E-state index >= 15 is 0 Å². The van der Waals surface area contributed by atoms with Gasteiger partial charge in [-0.2, -0.15) is 5.10 Å². The van der Waals surface area contributed by atoms with Gasteiger partial charge in [0.25, 0.3) is 5.91 Å². The molecular weight excluding hydrogens is 504 g/mol. The summed E-state index contributed by atoms with van der Waals surface area (Å²) in [6.45, 7) is 1.73. The highest BCUT2D eigenvalue weighted by Gasteiger charge is 2.42. The molecule has 0 spiro atoms. The first-order valence-corrected chi connectivity index (χ1v) is 14.3. The van der Waals surface area contributed by atoms with Crippen LogP contribution in [0.2, 0.25) is 0 Å². The lowest BCUT2D eigenvalue weighted by atomic mass is 9.76. The first-order chi connectivity index (χ1) is 19.4. The Morgan fingerprint density at radius 1 is 1.00 bits per heavy atom. The Labute approximate surface area is 235 Å². The van der Waals surface area contributed by atoms with Crippen LogP contribution in [-0.2, 0) is 9.59 Å². The van der Waals surface area contributed by atoms with Crippen molar-refractivity contribution < 1.29 is 19.1 Å². The van der Waals surface area contributed by atoms with E-state index in [4.69, 9.17) is 15.6 Å². The van der Waals surface area contributed by atoms with Crippen molar-refractivity contribution in [3.8, 4) is 16.9 Å². The molecule has 1 saturated carbocycles. The number of hydrogen-bond acceptors (Lipinski definition) is 5. The van der Waals surface area contributed by atoms with Gasteiger partial charge in [0.05, 0.1) is 31.3 Å². The Morgan fingerprint density at radius 2 is 1.73 bits per heavy atom. The Balaban J connectivity index is 1.53. The van der Waals surface area contributed by atoms with Crippen molar-refractivity contribution in [2.45, 2.75) is 64.3 Å². The van der Waals surface area contributed by atoms with Crippen LogP contribution in [-0.4, -0.2) is 48.1 Å². The molecule has 3 N–H and O–H groups in total. The average molecular weight is 543 g/mol. The van der Waals surface area contributed by atoms with Crippen LogP contribution >= 0.6 is 0 Å². The summed E-state index contributed by atoms with van der Waals surface area (Å²) in [5.41, 5.74) is 10.3. The molecule has 2 aromatic rings. The first-order valence-electron chi connectivity index (χ1n) is 14.3. The minimum absolute atomic E-state index is 0.0400. The molecule has 5 rings (SSSR count). The summed E-state index contributed by atoms with van der Waals surface area (Å²) < 4.78 is 5.75. The fraction of sp³-hybridized carbons (Fsp3) is 0.438. The Bertz CT molecular complexity index is 1360. The highest BCUT2D eigenvalue weighted by Crippen LogP contribution is 2.39. The van der Waals surface area contributed by atoms with Crippen LogP contribution in [0.4, 0.5) is 0 Å². The Hall–Kier alpha value is -3.94. The molecule has 0 unspecified atom stereocenters. The van der Waals surface area contributed by atoms with Crippen molar-refractivity contribution in [2.24, 2.45) is 22.7 Å². The summed E-state index contributed by atoms with van der Waals surface area (Å²) in [4.78, 5) is 37.2. The quantitative estimate of drug-likeness (QED) is 0.389. The molecule has 8 heteroatoms. The van der Waals surface area contributed by atoms with Crippen LogP contribution in [0.3, 0.4) is 0 Å². The number of primary amides is 1. The van der Waals surface area contributed by atoms with Gasteiger partial charge in [-0.1, -0.05) is 43.9 Å². The van der Waals surface area contributed by atoms with Gasteiger partial charge in [0.1, 0.15) is 5.75 Å². The van der Waals surface area contributed by atoms with Crippen molar-refractivity contribution in [1.82, 2.24) is 10.3 Å². The number of carbonyl (C=O) groups excluding carboxylic acids is 3. The molecule has 3 amide bonds. The van der Waals surface area contributed by atoms with E-state index in [1.54, 1.807) is 19.2 Å². The van der Waals surface area contributed by atoms with Crippen LogP contribution in [0.15, 0.2) is 53.7 Å². The number of nitrogens with zero attached hydrogens (tertiary/aromatic N) is 2. The minimum Gasteiger partial charge on any atom is -0.496 e. The van der Waals surface area contributed by atoms with E-state index in [9.17, 15) is 14.4 Å². The second-order valence-corrected chi connectivity index (χ2v) is 11.1. The Kier molecular flexibility index (Phi) is 8.33. The topological polar surface area (TPSA) is 114 Å². The fourth-order valence-electron chi connectivity index (χ4n) is 6.29. The maximum absolute atomic E-state index is 13.7. The van der Waals surface area contributed by atoms with Crippen molar-refractivity contribution in [2.75, 3.05) is 13.7 Å². The number of nitrogens with one attached hydrogen (secondary N) is 1. The maximum Gasteiger partial charge on any atom is 0.251 e. The van der Waals surface area contributed by atoms with Gasteiger partial charge in [-0.3, -0.25) is 14.4 Å².